The van der Waals surface area contributed by atoms with Crippen molar-refractivity contribution in [3.05, 3.63) is 42.0 Å². The molecule has 0 spiro atoms. The Morgan fingerprint density at radius 3 is 2.48 bits per heavy atom. The van der Waals surface area contributed by atoms with Crippen molar-refractivity contribution < 1.29 is 29.0 Å². The highest BCUT2D eigenvalue weighted by atomic mass is 16.5. The first-order chi connectivity index (χ1) is 12.0. The first-order valence-corrected chi connectivity index (χ1v) is 7.46. The van der Waals surface area contributed by atoms with E-state index in [4.69, 9.17) is 9.47 Å². The van der Waals surface area contributed by atoms with E-state index >= 15 is 0 Å². The van der Waals surface area contributed by atoms with Crippen LogP contribution in [0.3, 0.4) is 0 Å². The van der Waals surface area contributed by atoms with E-state index in [1.807, 2.05) is 11.4 Å². The number of esters is 1. The van der Waals surface area contributed by atoms with Crippen LogP contribution in [0.25, 0.3) is 10.8 Å². The molecule has 3 N–H and O–H groups in total. The lowest BCUT2D eigenvalue weighted by Gasteiger charge is -2.09. The summed E-state index contributed by atoms with van der Waals surface area (Å²) >= 11 is 0. The summed E-state index contributed by atoms with van der Waals surface area (Å²) in [6, 6.07) is 9.37. The predicted molar refractivity (Wildman–Crippen MR) is 89.3 cm³/mol. The Morgan fingerprint density at radius 1 is 1.12 bits per heavy atom. The van der Waals surface area contributed by atoms with Crippen LogP contribution in [0.2, 0.25) is 0 Å². The van der Waals surface area contributed by atoms with E-state index in [9.17, 15) is 19.5 Å². The van der Waals surface area contributed by atoms with Crippen LogP contribution >= 0.6 is 0 Å². The van der Waals surface area contributed by atoms with Crippen molar-refractivity contribution in [1.29, 1.82) is 0 Å². The van der Waals surface area contributed by atoms with Gasteiger partial charge in [-0.2, -0.15) is 0 Å². The average molecular weight is 346 g/mol. The lowest BCUT2D eigenvalue weighted by Crippen LogP contribution is -2.42. The molecule has 0 aliphatic rings. The van der Waals surface area contributed by atoms with Crippen LogP contribution in [0.1, 0.15) is 10.4 Å². The van der Waals surface area contributed by atoms with Crippen LogP contribution in [0.4, 0.5) is 4.79 Å². The summed E-state index contributed by atoms with van der Waals surface area (Å²) in [5.41, 5.74) is -0.0592. The molecule has 0 unspecified atom stereocenters. The minimum atomic E-state index is -0.863. The first kappa shape index (κ1) is 18.2. The minimum absolute atomic E-state index is 0.0592. The Bertz CT molecular complexity index is 790. The third kappa shape index (κ3) is 5.18. The number of phenolic OH excluding ortho intramolecular Hbond substituents is 1. The van der Waals surface area contributed by atoms with E-state index in [2.05, 4.69) is 5.32 Å². The normalized spacial score (nSPS) is 10.3. The predicted octanol–water partition coefficient (Wildman–Crippen LogP) is 1.17. The van der Waals surface area contributed by atoms with E-state index in [0.717, 1.165) is 10.8 Å². The molecule has 8 nitrogen and oxygen atoms in total. The SMILES string of the molecule is COCCNC(=O)NC(=O)COC(=O)c1cc2ccccc2cc1O. The van der Waals surface area contributed by atoms with Crippen molar-refractivity contribution in [3.8, 4) is 5.75 Å². The minimum Gasteiger partial charge on any atom is -0.507 e. The van der Waals surface area contributed by atoms with Gasteiger partial charge in [0.25, 0.3) is 5.91 Å². The number of ether oxygens (including phenoxy) is 2. The zero-order chi connectivity index (χ0) is 18.2. The monoisotopic (exact) mass is 346 g/mol. The number of carbonyl (C=O) groups excluding carboxylic acids is 3. The molecule has 2 aromatic rings. The quantitative estimate of drug-likeness (QED) is 0.534. The molecule has 0 aromatic heterocycles. The van der Waals surface area contributed by atoms with Gasteiger partial charge in [-0.1, -0.05) is 24.3 Å². The van der Waals surface area contributed by atoms with Gasteiger partial charge in [0.1, 0.15) is 11.3 Å². The van der Waals surface area contributed by atoms with Crippen molar-refractivity contribution >= 4 is 28.7 Å². The van der Waals surface area contributed by atoms with Crippen molar-refractivity contribution in [2.24, 2.45) is 0 Å². The van der Waals surface area contributed by atoms with E-state index < -0.39 is 24.5 Å². The maximum absolute atomic E-state index is 12.0. The summed E-state index contributed by atoms with van der Waals surface area (Å²) in [6.45, 7) is -0.110. The molecular weight excluding hydrogens is 328 g/mol. The molecule has 8 heteroatoms. The molecular formula is C17H18N2O6. The zero-order valence-electron chi connectivity index (χ0n) is 13.6. The van der Waals surface area contributed by atoms with Gasteiger partial charge in [-0.05, 0) is 22.9 Å². The highest BCUT2D eigenvalue weighted by molar-refractivity contribution is 6.00. The number of aromatic hydroxyl groups is 1. The molecule has 0 aliphatic carbocycles. The van der Waals surface area contributed by atoms with Gasteiger partial charge in [-0.15, -0.1) is 0 Å². The molecule has 3 amide bonds. The van der Waals surface area contributed by atoms with Gasteiger partial charge in [0.05, 0.1) is 6.61 Å². The van der Waals surface area contributed by atoms with E-state index in [1.54, 1.807) is 18.2 Å². The highest BCUT2D eigenvalue weighted by Crippen LogP contribution is 2.25. The second kappa shape index (κ2) is 8.65. The van der Waals surface area contributed by atoms with Gasteiger partial charge in [0.15, 0.2) is 6.61 Å². The van der Waals surface area contributed by atoms with E-state index in [1.165, 1.54) is 19.2 Å². The molecule has 0 fully saturated rings. The Balaban J connectivity index is 1.90. The molecule has 25 heavy (non-hydrogen) atoms. The fraction of sp³-hybridized carbons (Fsp3) is 0.235. The van der Waals surface area contributed by atoms with Crippen LogP contribution in [0, 0.1) is 0 Å². The van der Waals surface area contributed by atoms with Gasteiger partial charge >= 0.3 is 12.0 Å². The summed E-state index contributed by atoms with van der Waals surface area (Å²) in [7, 11) is 1.48. The molecule has 0 atom stereocenters. The Morgan fingerprint density at radius 2 is 1.80 bits per heavy atom. The third-order valence-electron chi connectivity index (χ3n) is 3.26. The summed E-state index contributed by atoms with van der Waals surface area (Å²) in [5, 5.41) is 15.8. The molecule has 2 aromatic carbocycles. The Hall–Kier alpha value is -3.13. The molecule has 0 aliphatic heterocycles. The Labute approximate surface area is 143 Å². The number of carbonyl (C=O) groups is 3. The van der Waals surface area contributed by atoms with Crippen LogP contribution in [-0.2, 0) is 14.3 Å². The van der Waals surface area contributed by atoms with Gasteiger partial charge < -0.3 is 19.9 Å². The van der Waals surface area contributed by atoms with Crippen LogP contribution in [-0.4, -0.2) is 49.9 Å². The summed E-state index contributed by atoms with van der Waals surface area (Å²) in [5.74, 6) is -1.90. The van der Waals surface area contributed by atoms with Crippen LogP contribution < -0.4 is 10.6 Å². The largest absolute Gasteiger partial charge is 0.507 e. The summed E-state index contributed by atoms with van der Waals surface area (Å²) < 4.78 is 9.58. The molecule has 0 saturated heterocycles. The number of fused-ring (bicyclic) bond motifs is 1. The summed E-state index contributed by atoms with van der Waals surface area (Å²) in [4.78, 5) is 35.0. The maximum atomic E-state index is 12.0. The van der Waals surface area contributed by atoms with E-state index in [0.29, 0.717) is 6.61 Å². The van der Waals surface area contributed by atoms with Crippen LogP contribution in [0.15, 0.2) is 36.4 Å². The number of rotatable bonds is 6. The summed E-state index contributed by atoms with van der Waals surface area (Å²) in [6.07, 6.45) is 0. The number of nitrogens with one attached hydrogen (secondary N) is 2. The van der Waals surface area contributed by atoms with Gasteiger partial charge in [0, 0.05) is 13.7 Å². The van der Waals surface area contributed by atoms with Crippen molar-refractivity contribution in [2.75, 3.05) is 26.9 Å². The molecule has 0 bridgehead atoms. The van der Waals surface area contributed by atoms with Gasteiger partial charge in [-0.3, -0.25) is 10.1 Å². The fourth-order valence-corrected chi connectivity index (χ4v) is 2.07. The maximum Gasteiger partial charge on any atom is 0.342 e. The standard InChI is InChI=1S/C17H18N2O6/c1-24-7-6-18-17(23)19-15(21)10-25-16(22)13-8-11-4-2-3-5-12(11)9-14(13)20/h2-5,8-9,20H,6-7,10H2,1H3,(H2,18,19,21,23). The molecule has 2 rings (SSSR count). The molecule has 132 valence electrons. The van der Waals surface area contributed by atoms with Crippen molar-refractivity contribution in [1.82, 2.24) is 10.6 Å². The number of methoxy groups -OCH3 is 1. The lowest BCUT2D eigenvalue weighted by atomic mass is 10.1. The first-order valence-electron chi connectivity index (χ1n) is 7.46. The van der Waals surface area contributed by atoms with Crippen molar-refractivity contribution in [2.45, 2.75) is 0 Å². The van der Waals surface area contributed by atoms with Crippen molar-refractivity contribution in [3.63, 3.8) is 0 Å². The number of hydrogen-bond donors (Lipinski definition) is 3. The lowest BCUT2D eigenvalue weighted by molar-refractivity contribution is -0.123. The smallest absolute Gasteiger partial charge is 0.342 e. The second-order valence-electron chi connectivity index (χ2n) is 5.09. The van der Waals surface area contributed by atoms with Gasteiger partial charge in [0.2, 0.25) is 0 Å². The number of hydrogen-bond acceptors (Lipinski definition) is 6. The van der Waals surface area contributed by atoms with Crippen LogP contribution in [0.5, 0.6) is 5.75 Å². The number of urea groups is 1. The molecule has 0 heterocycles. The molecule has 0 saturated carbocycles. The highest BCUT2D eigenvalue weighted by Gasteiger charge is 2.16. The molecule has 0 radical (unpaired) electrons. The third-order valence-corrected chi connectivity index (χ3v) is 3.26. The topological polar surface area (TPSA) is 114 Å². The zero-order valence-corrected chi connectivity index (χ0v) is 13.6. The number of amides is 3. The number of phenols is 1. The van der Waals surface area contributed by atoms with Gasteiger partial charge in [-0.25, -0.2) is 9.59 Å². The second-order valence-corrected chi connectivity index (χ2v) is 5.09. The number of benzene rings is 2. The Kier molecular flexibility index (Phi) is 6.30. The fourth-order valence-electron chi connectivity index (χ4n) is 2.07. The van der Waals surface area contributed by atoms with E-state index in [-0.39, 0.29) is 17.9 Å². The average Bonchev–Trinajstić information content (AvgIpc) is 2.59. The number of imide groups is 1.